The third kappa shape index (κ3) is 5.08. The molecule has 0 aliphatic carbocycles. The molecule has 0 radical (unpaired) electrons. The van der Waals surface area contributed by atoms with Crippen molar-refractivity contribution in [2.24, 2.45) is 0 Å². The third-order valence-corrected chi connectivity index (χ3v) is 16.4. The molecule has 17 rings (SSSR count). The summed E-state index contributed by atoms with van der Waals surface area (Å²) in [4.78, 5) is 10.2. The number of anilines is 12. The van der Waals surface area contributed by atoms with Gasteiger partial charge >= 0.3 is 0 Å². The summed E-state index contributed by atoms with van der Waals surface area (Å²) in [5.41, 5.74) is 25.8. The Labute approximate surface area is 423 Å². The van der Waals surface area contributed by atoms with Crippen LogP contribution in [0.4, 0.5) is 68.2 Å². The first kappa shape index (κ1) is 39.3. The molecule has 0 N–H and O–H groups in total. The maximum Gasteiger partial charge on any atom is 0.253 e. The smallest absolute Gasteiger partial charge is 0.253 e. The average molecular weight is 926 g/mol. The molecule has 0 unspecified atom stereocenters. The van der Waals surface area contributed by atoms with Crippen molar-refractivity contribution in [1.29, 1.82) is 0 Å². The summed E-state index contributed by atoms with van der Waals surface area (Å²) in [5.74, 6) is 0. The van der Waals surface area contributed by atoms with Crippen molar-refractivity contribution in [3.63, 3.8) is 0 Å². The molecular weight excluding hydrogens is 884 g/mol. The Morgan fingerprint density at radius 2 is 0.699 bits per heavy atom. The Morgan fingerprint density at radius 1 is 0.260 bits per heavy atom. The second kappa shape index (κ2) is 14.6. The van der Waals surface area contributed by atoms with Crippen molar-refractivity contribution in [2.45, 2.75) is 0 Å². The highest BCUT2D eigenvalue weighted by atomic mass is 15.2. The van der Waals surface area contributed by atoms with E-state index in [4.69, 9.17) is 0 Å². The standard InChI is InChI=1S/C66H41B2N5/c1-5-21-42(22-6-1)69-52-33-17-14-30-48(52)67-50-39-40-54-60(66(50)72(45-27-11-4-12-28-45)58-38-20-35-55(69)62(58)67)61-64-59(41-47-46-29-13-16-32-51(46)73(54)65(47)61)71(44-25-9-3-10-26-44)57-37-19-36-56-63(57)68(64)49-31-15-18-34-53(49)70(56)43-23-7-2-8-24-43/h1-41H. The maximum atomic E-state index is 2.61. The number of hydrogen-bond donors (Lipinski definition) is 0. The summed E-state index contributed by atoms with van der Waals surface area (Å²) in [6, 6.07) is 92.7. The van der Waals surface area contributed by atoms with Crippen LogP contribution in [0.5, 0.6) is 0 Å². The molecule has 4 aliphatic rings. The summed E-state index contributed by atoms with van der Waals surface area (Å²) in [7, 11) is 0. The molecular formula is C66H41B2N5. The Morgan fingerprint density at radius 3 is 1.27 bits per heavy atom. The molecule has 336 valence electrons. The minimum atomic E-state index is -0.0903. The molecule has 0 spiro atoms. The molecule has 4 aliphatic heterocycles. The lowest BCUT2D eigenvalue weighted by Crippen LogP contribution is -2.62. The SMILES string of the molecule is c1ccc(N2c3ccccc3B3c4c2cccc4N(c2ccccc2)c2cc4c5ccccc5n5c6ccc7c(c6c(c23)c45)N(c2ccccc2)c2cccc3c2B7c2ccccc2N3c2ccccc2)cc1. The topological polar surface area (TPSA) is 17.4 Å². The van der Waals surface area contributed by atoms with Crippen LogP contribution >= 0.6 is 0 Å². The van der Waals surface area contributed by atoms with Gasteiger partial charge in [-0.3, -0.25) is 0 Å². The zero-order chi connectivity index (χ0) is 47.5. The molecule has 0 bridgehead atoms. The van der Waals surface area contributed by atoms with E-state index in [-0.39, 0.29) is 13.4 Å². The van der Waals surface area contributed by atoms with Crippen molar-refractivity contribution in [1.82, 2.24) is 4.40 Å². The van der Waals surface area contributed by atoms with Gasteiger partial charge < -0.3 is 24.0 Å². The number of nitrogens with zero attached hydrogens (tertiary/aromatic N) is 5. The summed E-state index contributed by atoms with van der Waals surface area (Å²) >= 11 is 0. The number of hydrogen-bond acceptors (Lipinski definition) is 4. The molecule has 0 amide bonds. The predicted molar refractivity (Wildman–Crippen MR) is 309 cm³/mol. The Bertz CT molecular complexity index is 4430. The quantitative estimate of drug-likeness (QED) is 0.164. The van der Waals surface area contributed by atoms with Gasteiger partial charge in [0.05, 0.1) is 22.2 Å². The molecule has 0 saturated heterocycles. The Balaban J connectivity index is 1.07. The molecule has 0 atom stereocenters. The van der Waals surface area contributed by atoms with E-state index in [0.29, 0.717) is 0 Å². The second-order valence-corrected chi connectivity index (χ2v) is 19.9. The van der Waals surface area contributed by atoms with Gasteiger partial charge in [0.1, 0.15) is 0 Å². The fourth-order valence-electron chi connectivity index (χ4n) is 13.8. The van der Waals surface area contributed by atoms with Crippen LogP contribution in [-0.4, -0.2) is 17.8 Å². The molecule has 7 heteroatoms. The molecule has 5 nitrogen and oxygen atoms in total. The van der Waals surface area contributed by atoms with Crippen LogP contribution in [0.25, 0.3) is 38.1 Å². The first-order valence-corrected chi connectivity index (χ1v) is 25.4. The summed E-state index contributed by atoms with van der Waals surface area (Å²) in [5, 5.41) is 5.10. The van der Waals surface area contributed by atoms with E-state index in [9.17, 15) is 0 Å². The molecule has 13 aromatic rings. The van der Waals surface area contributed by atoms with Gasteiger partial charge in [0, 0.05) is 84.1 Å². The van der Waals surface area contributed by atoms with Crippen LogP contribution < -0.4 is 52.4 Å². The van der Waals surface area contributed by atoms with Crippen LogP contribution in [0.3, 0.4) is 0 Å². The first-order valence-electron chi connectivity index (χ1n) is 25.4. The van der Waals surface area contributed by atoms with Crippen molar-refractivity contribution in [3.05, 3.63) is 249 Å². The van der Waals surface area contributed by atoms with E-state index in [2.05, 4.69) is 273 Å². The van der Waals surface area contributed by atoms with Gasteiger partial charge in [-0.1, -0.05) is 146 Å². The lowest BCUT2D eigenvalue weighted by molar-refractivity contribution is 1.26. The van der Waals surface area contributed by atoms with E-state index in [0.717, 1.165) is 22.7 Å². The number of para-hydroxylation sites is 7. The van der Waals surface area contributed by atoms with Gasteiger partial charge in [-0.25, -0.2) is 0 Å². The number of fused-ring (bicyclic) bond motifs is 16. The molecule has 6 heterocycles. The van der Waals surface area contributed by atoms with E-state index < -0.39 is 0 Å². The second-order valence-electron chi connectivity index (χ2n) is 19.9. The lowest BCUT2D eigenvalue weighted by Gasteiger charge is -2.45. The molecule has 11 aromatic carbocycles. The third-order valence-electron chi connectivity index (χ3n) is 16.4. The monoisotopic (exact) mass is 925 g/mol. The lowest BCUT2D eigenvalue weighted by atomic mass is 9.32. The van der Waals surface area contributed by atoms with Crippen LogP contribution in [-0.2, 0) is 0 Å². The van der Waals surface area contributed by atoms with Crippen molar-refractivity contribution < 1.29 is 0 Å². The molecule has 73 heavy (non-hydrogen) atoms. The van der Waals surface area contributed by atoms with Gasteiger partial charge in [0.15, 0.2) is 0 Å². The van der Waals surface area contributed by atoms with Gasteiger partial charge in [0.25, 0.3) is 13.4 Å². The van der Waals surface area contributed by atoms with Crippen molar-refractivity contribution >= 4 is 153 Å². The predicted octanol–water partition coefficient (Wildman–Crippen LogP) is 13.0. The maximum absolute atomic E-state index is 2.61. The highest BCUT2D eigenvalue weighted by molar-refractivity contribution is 7.02. The fourth-order valence-corrected chi connectivity index (χ4v) is 13.8. The molecule has 0 fully saturated rings. The highest BCUT2D eigenvalue weighted by Gasteiger charge is 2.48. The highest BCUT2D eigenvalue weighted by Crippen LogP contribution is 2.52. The van der Waals surface area contributed by atoms with Crippen LogP contribution in [0.1, 0.15) is 0 Å². The largest absolute Gasteiger partial charge is 0.311 e. The van der Waals surface area contributed by atoms with Crippen molar-refractivity contribution in [3.8, 4) is 0 Å². The van der Waals surface area contributed by atoms with E-state index in [1.165, 1.54) is 116 Å². The van der Waals surface area contributed by atoms with Crippen molar-refractivity contribution in [2.75, 3.05) is 19.6 Å². The van der Waals surface area contributed by atoms with E-state index in [1.807, 2.05) is 0 Å². The minimum Gasteiger partial charge on any atom is -0.311 e. The van der Waals surface area contributed by atoms with Gasteiger partial charge in [-0.2, -0.15) is 0 Å². The van der Waals surface area contributed by atoms with Gasteiger partial charge in [0.2, 0.25) is 0 Å². The zero-order valence-corrected chi connectivity index (χ0v) is 39.6. The summed E-state index contributed by atoms with van der Waals surface area (Å²) in [6.45, 7) is -0.121. The van der Waals surface area contributed by atoms with Crippen LogP contribution in [0.2, 0.25) is 0 Å². The Kier molecular flexibility index (Phi) is 7.84. The van der Waals surface area contributed by atoms with Crippen LogP contribution in [0.15, 0.2) is 249 Å². The number of aromatic nitrogens is 1. The molecule has 0 saturated carbocycles. The average Bonchev–Trinajstić information content (AvgIpc) is 3.99. The summed E-state index contributed by atoms with van der Waals surface area (Å²) < 4.78 is 2.61. The summed E-state index contributed by atoms with van der Waals surface area (Å²) in [6.07, 6.45) is 0. The van der Waals surface area contributed by atoms with E-state index >= 15 is 0 Å². The first-order chi connectivity index (χ1) is 36.3. The zero-order valence-electron chi connectivity index (χ0n) is 39.6. The Hall–Kier alpha value is -9.45. The minimum absolute atomic E-state index is 0.0302. The van der Waals surface area contributed by atoms with Gasteiger partial charge in [-0.05, 0) is 136 Å². The number of rotatable bonds is 4. The molecule has 2 aromatic heterocycles. The van der Waals surface area contributed by atoms with Crippen LogP contribution in [0, 0.1) is 0 Å². The number of benzene rings is 11. The fraction of sp³-hybridized carbons (Fsp3) is 0. The van der Waals surface area contributed by atoms with E-state index in [1.54, 1.807) is 0 Å². The van der Waals surface area contributed by atoms with Gasteiger partial charge in [-0.15, -0.1) is 0 Å². The normalized spacial score (nSPS) is 13.9.